The fraction of sp³-hybridized carbons (Fsp3) is 0.562. The highest BCUT2D eigenvalue weighted by Gasteiger charge is 2.16. The summed E-state index contributed by atoms with van der Waals surface area (Å²) in [6.07, 6.45) is 1.77. The Morgan fingerprint density at radius 2 is 2.04 bits per heavy atom. The van der Waals surface area contributed by atoms with E-state index >= 15 is 0 Å². The van der Waals surface area contributed by atoms with Crippen LogP contribution < -0.4 is 4.74 Å². The van der Waals surface area contributed by atoms with Crippen molar-refractivity contribution < 1.29 is 14.3 Å². The van der Waals surface area contributed by atoms with Gasteiger partial charge in [-0.25, -0.2) is 0 Å². The first-order valence-electron chi connectivity index (χ1n) is 7.74. The molecule has 0 aromatic heterocycles. The first-order chi connectivity index (χ1) is 10.8. The standard InChI is InChI=1S/C16H21ClN2O3.ClH/c17-13-3-4-16-14(12-13)15(2-1-8-21-16)18-22-11-7-19-5-9-20-10-6-19;/h3-4,12H,1-2,5-11H2;1H/b18-15-;. The van der Waals surface area contributed by atoms with Crippen molar-refractivity contribution in [1.29, 1.82) is 0 Å². The molecule has 0 radical (unpaired) electrons. The van der Waals surface area contributed by atoms with Crippen LogP contribution in [0, 0.1) is 0 Å². The van der Waals surface area contributed by atoms with E-state index in [0.717, 1.165) is 62.7 Å². The van der Waals surface area contributed by atoms with Crippen molar-refractivity contribution in [3.05, 3.63) is 28.8 Å². The Hall–Kier alpha value is -1.01. The quantitative estimate of drug-likeness (QED) is 0.611. The molecule has 0 bridgehead atoms. The lowest BCUT2D eigenvalue weighted by Crippen LogP contribution is -2.38. The molecule has 5 nitrogen and oxygen atoms in total. The van der Waals surface area contributed by atoms with Gasteiger partial charge in [0, 0.05) is 30.2 Å². The van der Waals surface area contributed by atoms with E-state index in [2.05, 4.69) is 10.1 Å². The summed E-state index contributed by atoms with van der Waals surface area (Å²) in [5, 5.41) is 5.02. The normalized spacial score (nSPS) is 20.1. The van der Waals surface area contributed by atoms with Crippen LogP contribution in [0.1, 0.15) is 18.4 Å². The summed E-state index contributed by atoms with van der Waals surface area (Å²) in [5.41, 5.74) is 1.85. The van der Waals surface area contributed by atoms with E-state index in [0.29, 0.717) is 18.2 Å². The fourth-order valence-electron chi connectivity index (χ4n) is 2.62. The van der Waals surface area contributed by atoms with Gasteiger partial charge in [-0.15, -0.1) is 12.4 Å². The van der Waals surface area contributed by atoms with E-state index in [1.54, 1.807) is 0 Å². The number of nitrogens with zero attached hydrogens (tertiary/aromatic N) is 2. The SMILES string of the molecule is Cl.Clc1ccc2c(c1)/C(=N\OCCN1CCOCC1)CCCO2. The molecule has 0 unspecified atom stereocenters. The molecular formula is C16H22Cl2N2O3. The molecule has 128 valence electrons. The fourth-order valence-corrected chi connectivity index (χ4v) is 2.80. The van der Waals surface area contributed by atoms with Gasteiger partial charge in [0.1, 0.15) is 12.4 Å². The van der Waals surface area contributed by atoms with Gasteiger partial charge in [0.15, 0.2) is 0 Å². The van der Waals surface area contributed by atoms with Crippen LogP contribution in [0.15, 0.2) is 23.4 Å². The average Bonchev–Trinajstić information content (AvgIpc) is 2.75. The Morgan fingerprint density at radius 3 is 2.87 bits per heavy atom. The zero-order chi connectivity index (χ0) is 15.2. The minimum atomic E-state index is 0. The lowest BCUT2D eigenvalue weighted by Gasteiger charge is -2.25. The monoisotopic (exact) mass is 360 g/mol. The van der Waals surface area contributed by atoms with Gasteiger partial charge in [-0.05, 0) is 31.0 Å². The Balaban J connectivity index is 0.00000192. The smallest absolute Gasteiger partial charge is 0.129 e. The van der Waals surface area contributed by atoms with E-state index < -0.39 is 0 Å². The molecule has 2 heterocycles. The van der Waals surface area contributed by atoms with Crippen LogP contribution in [0.2, 0.25) is 5.02 Å². The third kappa shape index (κ3) is 5.24. The average molecular weight is 361 g/mol. The molecule has 1 aromatic carbocycles. The van der Waals surface area contributed by atoms with Gasteiger partial charge in [0.25, 0.3) is 0 Å². The molecule has 1 aromatic rings. The molecule has 0 atom stereocenters. The van der Waals surface area contributed by atoms with Crippen LogP contribution in [-0.4, -0.2) is 56.7 Å². The van der Waals surface area contributed by atoms with Crippen molar-refractivity contribution >= 4 is 29.7 Å². The van der Waals surface area contributed by atoms with Crippen LogP contribution in [-0.2, 0) is 9.57 Å². The van der Waals surface area contributed by atoms with Crippen molar-refractivity contribution in [2.24, 2.45) is 5.16 Å². The number of fused-ring (bicyclic) bond motifs is 1. The highest BCUT2D eigenvalue weighted by molar-refractivity contribution is 6.31. The number of hydrogen-bond acceptors (Lipinski definition) is 5. The van der Waals surface area contributed by atoms with E-state index in [-0.39, 0.29) is 12.4 Å². The number of morpholine rings is 1. The molecule has 1 fully saturated rings. The first kappa shape index (κ1) is 18.3. The molecule has 0 amide bonds. The minimum Gasteiger partial charge on any atom is -0.493 e. The van der Waals surface area contributed by atoms with Gasteiger partial charge in [-0.2, -0.15) is 0 Å². The van der Waals surface area contributed by atoms with Gasteiger partial charge < -0.3 is 14.3 Å². The Morgan fingerprint density at radius 1 is 1.22 bits per heavy atom. The van der Waals surface area contributed by atoms with Crippen molar-refractivity contribution in [3.8, 4) is 5.75 Å². The topological polar surface area (TPSA) is 43.3 Å². The maximum Gasteiger partial charge on any atom is 0.129 e. The molecule has 3 rings (SSSR count). The molecule has 2 aliphatic heterocycles. The van der Waals surface area contributed by atoms with Crippen molar-refractivity contribution in [3.63, 3.8) is 0 Å². The summed E-state index contributed by atoms with van der Waals surface area (Å²) in [5.74, 6) is 0.831. The van der Waals surface area contributed by atoms with E-state index in [4.69, 9.17) is 25.9 Å². The van der Waals surface area contributed by atoms with Crippen LogP contribution in [0.3, 0.4) is 0 Å². The number of hydrogen-bond donors (Lipinski definition) is 0. The minimum absolute atomic E-state index is 0. The van der Waals surface area contributed by atoms with E-state index in [9.17, 15) is 0 Å². The highest BCUT2D eigenvalue weighted by atomic mass is 35.5. The second-order valence-electron chi connectivity index (χ2n) is 5.42. The van der Waals surface area contributed by atoms with Gasteiger partial charge >= 0.3 is 0 Å². The third-order valence-electron chi connectivity index (χ3n) is 3.85. The van der Waals surface area contributed by atoms with E-state index in [1.807, 2.05) is 18.2 Å². The molecule has 23 heavy (non-hydrogen) atoms. The Labute approximate surface area is 147 Å². The number of halogens is 2. The molecule has 1 saturated heterocycles. The number of rotatable bonds is 4. The van der Waals surface area contributed by atoms with Crippen molar-refractivity contribution in [2.75, 3.05) is 46.1 Å². The predicted octanol–water partition coefficient (Wildman–Crippen LogP) is 2.99. The maximum atomic E-state index is 6.09. The maximum absolute atomic E-state index is 6.09. The van der Waals surface area contributed by atoms with Gasteiger partial charge in [-0.1, -0.05) is 16.8 Å². The van der Waals surface area contributed by atoms with E-state index in [1.165, 1.54) is 0 Å². The summed E-state index contributed by atoms with van der Waals surface area (Å²) in [6, 6.07) is 5.63. The number of oxime groups is 1. The van der Waals surface area contributed by atoms with Gasteiger partial charge in [0.2, 0.25) is 0 Å². The van der Waals surface area contributed by atoms with Gasteiger partial charge in [0.05, 0.1) is 25.5 Å². The number of benzene rings is 1. The van der Waals surface area contributed by atoms with Gasteiger partial charge in [-0.3, -0.25) is 4.90 Å². The molecule has 2 aliphatic rings. The second-order valence-corrected chi connectivity index (χ2v) is 5.85. The zero-order valence-electron chi connectivity index (χ0n) is 13.0. The largest absolute Gasteiger partial charge is 0.493 e. The molecule has 0 N–H and O–H groups in total. The highest BCUT2D eigenvalue weighted by Crippen LogP contribution is 2.27. The summed E-state index contributed by atoms with van der Waals surface area (Å²) in [4.78, 5) is 7.86. The van der Waals surface area contributed by atoms with Crippen LogP contribution in [0.4, 0.5) is 0 Å². The summed E-state index contributed by atoms with van der Waals surface area (Å²) >= 11 is 6.09. The molecular weight excluding hydrogens is 339 g/mol. The predicted molar refractivity (Wildman–Crippen MR) is 93.2 cm³/mol. The summed E-state index contributed by atoms with van der Waals surface area (Å²) in [7, 11) is 0. The van der Waals surface area contributed by atoms with Crippen LogP contribution >= 0.6 is 24.0 Å². The molecule has 0 saturated carbocycles. The molecule has 0 spiro atoms. The van der Waals surface area contributed by atoms with Crippen molar-refractivity contribution in [1.82, 2.24) is 4.90 Å². The summed E-state index contributed by atoms with van der Waals surface area (Å²) in [6.45, 7) is 5.69. The lowest BCUT2D eigenvalue weighted by molar-refractivity contribution is 0.0211. The summed E-state index contributed by atoms with van der Waals surface area (Å²) < 4.78 is 11.0. The van der Waals surface area contributed by atoms with Crippen molar-refractivity contribution in [2.45, 2.75) is 12.8 Å². The Kier molecular flexibility index (Phi) is 7.43. The van der Waals surface area contributed by atoms with Crippen LogP contribution in [0.25, 0.3) is 0 Å². The first-order valence-corrected chi connectivity index (χ1v) is 8.12. The molecule has 7 heteroatoms. The Bertz CT molecular complexity index is 534. The molecule has 0 aliphatic carbocycles. The van der Waals surface area contributed by atoms with Crippen LogP contribution in [0.5, 0.6) is 5.75 Å². The zero-order valence-corrected chi connectivity index (χ0v) is 14.6. The second kappa shape index (κ2) is 9.33. The third-order valence-corrected chi connectivity index (χ3v) is 4.08. The number of ether oxygens (including phenoxy) is 2. The lowest BCUT2D eigenvalue weighted by atomic mass is 10.1.